The molecule has 8 heteroatoms. The van der Waals surface area contributed by atoms with Crippen molar-refractivity contribution in [2.45, 2.75) is 0 Å². The molecule has 0 aliphatic heterocycles. The standard InChI is InChI=1S/C68H34N4O2S2/c69-35-51-61(37-25-31-57-49(33-37)41-15-3-9-21-55(41)73-57)52(36-70)64(72-54-20-8-2-14-40(54)46-28-30-48-44-18-6-12-24-60(44)76-68(48)66(46)72)62(38-26-32-58-50(34-38)42-16-4-10-22-56(42)74-58)63(51)71-53-19-7-1-13-39(53)45-27-29-47-43-17-5-11-23-59(43)75-67(47)65(45)71/h1-34H. The van der Waals surface area contributed by atoms with Crippen LogP contribution in [-0.2, 0) is 0 Å². The Morgan fingerprint density at radius 1 is 0.329 bits per heavy atom. The Hall–Kier alpha value is -9.96. The third kappa shape index (κ3) is 5.45. The van der Waals surface area contributed by atoms with E-state index in [1.54, 1.807) is 22.7 Å². The monoisotopic (exact) mass is 1000 g/mol. The van der Waals surface area contributed by atoms with E-state index in [0.717, 1.165) is 124 Å². The summed E-state index contributed by atoms with van der Waals surface area (Å²) in [6.45, 7) is 0. The number of furan rings is 2. The first kappa shape index (κ1) is 41.5. The van der Waals surface area contributed by atoms with Crippen LogP contribution in [0.5, 0.6) is 0 Å². The normalized spacial score (nSPS) is 12.2. The molecular weight excluding hydrogens is 969 g/mol. The van der Waals surface area contributed by atoms with Gasteiger partial charge in [0.25, 0.3) is 0 Å². The molecular formula is C68H34N4O2S2. The highest BCUT2D eigenvalue weighted by molar-refractivity contribution is 7.27. The maximum Gasteiger partial charge on any atom is 0.135 e. The van der Waals surface area contributed by atoms with Gasteiger partial charge in [0.1, 0.15) is 34.5 Å². The zero-order valence-corrected chi connectivity index (χ0v) is 41.7. The SMILES string of the molecule is N#Cc1c(-c2ccc3oc4ccccc4c3c2)c(C#N)c(-n2c3ccccc3c3ccc4c5ccccc5sc4c32)c(-c2ccc3oc4ccccc4c3c2)c1-n1c2ccccc2c2ccc3c4ccccc4sc3c21. The second-order valence-corrected chi connectivity index (χ2v) is 21.7. The lowest BCUT2D eigenvalue weighted by atomic mass is 9.85. The highest BCUT2D eigenvalue weighted by Gasteiger charge is 2.33. The van der Waals surface area contributed by atoms with Gasteiger partial charge in [-0.15, -0.1) is 22.7 Å². The number of hydrogen-bond acceptors (Lipinski definition) is 6. The summed E-state index contributed by atoms with van der Waals surface area (Å²) in [5.41, 5.74) is 11.9. The Bertz CT molecular complexity index is 5300. The van der Waals surface area contributed by atoms with Crippen molar-refractivity contribution in [1.82, 2.24) is 9.13 Å². The van der Waals surface area contributed by atoms with Crippen molar-refractivity contribution in [3.05, 3.63) is 217 Å². The molecule has 0 radical (unpaired) electrons. The van der Waals surface area contributed by atoms with E-state index in [1.807, 2.05) is 54.6 Å². The number of rotatable bonds is 4. The Balaban J connectivity index is 1.17. The molecule has 0 unspecified atom stereocenters. The van der Waals surface area contributed by atoms with Crippen molar-refractivity contribution >= 4 is 151 Å². The van der Waals surface area contributed by atoms with Gasteiger partial charge in [0, 0.05) is 85.2 Å². The first-order valence-corrected chi connectivity index (χ1v) is 26.8. The molecule has 17 aromatic rings. The molecule has 0 aliphatic rings. The summed E-state index contributed by atoms with van der Waals surface area (Å²) in [7, 11) is 0. The fraction of sp³-hybridized carbons (Fsp3) is 0. The van der Waals surface area contributed by atoms with Gasteiger partial charge in [0.05, 0.1) is 54.0 Å². The van der Waals surface area contributed by atoms with Gasteiger partial charge < -0.3 is 18.0 Å². The average molecular weight is 1000 g/mol. The molecule has 6 aromatic heterocycles. The van der Waals surface area contributed by atoms with Crippen LogP contribution in [0.15, 0.2) is 215 Å². The van der Waals surface area contributed by atoms with Crippen LogP contribution in [0, 0.1) is 22.7 Å². The minimum absolute atomic E-state index is 0.383. The van der Waals surface area contributed by atoms with Crippen molar-refractivity contribution in [2.24, 2.45) is 0 Å². The lowest BCUT2D eigenvalue weighted by Crippen LogP contribution is -2.11. The molecule has 0 saturated carbocycles. The number of aromatic nitrogens is 2. The van der Waals surface area contributed by atoms with Gasteiger partial charge in [-0.2, -0.15) is 10.5 Å². The van der Waals surface area contributed by atoms with Crippen molar-refractivity contribution in [2.75, 3.05) is 0 Å². The number of hydrogen-bond donors (Lipinski definition) is 0. The molecule has 6 nitrogen and oxygen atoms in total. The molecule has 0 amide bonds. The van der Waals surface area contributed by atoms with Crippen molar-refractivity contribution in [1.29, 1.82) is 10.5 Å². The summed E-state index contributed by atoms with van der Waals surface area (Å²) in [5.74, 6) is 0. The number of nitriles is 2. The van der Waals surface area contributed by atoms with E-state index in [2.05, 4.69) is 173 Å². The molecule has 0 atom stereocenters. The van der Waals surface area contributed by atoms with Gasteiger partial charge in [0.15, 0.2) is 0 Å². The van der Waals surface area contributed by atoms with E-state index >= 15 is 0 Å². The number of benzene rings is 11. The lowest BCUT2D eigenvalue weighted by Gasteiger charge is -2.25. The van der Waals surface area contributed by atoms with Gasteiger partial charge in [-0.3, -0.25) is 0 Å². The number of para-hydroxylation sites is 4. The summed E-state index contributed by atoms with van der Waals surface area (Å²) >= 11 is 3.55. The second kappa shape index (κ2) is 15.3. The summed E-state index contributed by atoms with van der Waals surface area (Å²) < 4.78 is 22.3. The van der Waals surface area contributed by atoms with Crippen LogP contribution in [0.1, 0.15) is 11.1 Å². The zero-order valence-electron chi connectivity index (χ0n) is 40.1. The third-order valence-electron chi connectivity index (χ3n) is 15.8. The molecule has 76 heavy (non-hydrogen) atoms. The quantitative estimate of drug-likeness (QED) is 0.176. The summed E-state index contributed by atoms with van der Waals surface area (Å²) in [6.07, 6.45) is 0. The molecule has 17 rings (SSSR count). The van der Waals surface area contributed by atoms with E-state index in [0.29, 0.717) is 28.1 Å². The minimum atomic E-state index is 0.383. The van der Waals surface area contributed by atoms with E-state index in [1.165, 1.54) is 20.2 Å². The first-order chi connectivity index (χ1) is 37.6. The van der Waals surface area contributed by atoms with E-state index in [9.17, 15) is 10.5 Å². The van der Waals surface area contributed by atoms with Crippen LogP contribution in [-0.4, -0.2) is 9.13 Å². The van der Waals surface area contributed by atoms with Crippen molar-refractivity contribution in [3.63, 3.8) is 0 Å². The van der Waals surface area contributed by atoms with Crippen LogP contribution >= 0.6 is 22.7 Å². The largest absolute Gasteiger partial charge is 0.456 e. The van der Waals surface area contributed by atoms with Gasteiger partial charge in [-0.1, -0.05) is 146 Å². The van der Waals surface area contributed by atoms with Crippen LogP contribution < -0.4 is 0 Å². The highest BCUT2D eigenvalue weighted by atomic mass is 32.1. The molecule has 0 aliphatic carbocycles. The number of nitrogens with zero attached hydrogens (tertiary/aromatic N) is 4. The third-order valence-corrected chi connectivity index (χ3v) is 18.2. The predicted octanol–water partition coefficient (Wildman–Crippen LogP) is 19.5. The Kier molecular flexibility index (Phi) is 8.36. The van der Waals surface area contributed by atoms with Gasteiger partial charge in [-0.25, -0.2) is 0 Å². The lowest BCUT2D eigenvalue weighted by molar-refractivity contribution is 0.668. The average Bonchev–Trinajstić information content (AvgIpc) is 4.44. The minimum Gasteiger partial charge on any atom is -0.456 e. The maximum absolute atomic E-state index is 12.4. The molecule has 350 valence electrons. The number of thiophene rings is 2. The van der Waals surface area contributed by atoms with Crippen molar-refractivity contribution in [3.8, 4) is 45.8 Å². The van der Waals surface area contributed by atoms with E-state index in [4.69, 9.17) is 8.83 Å². The van der Waals surface area contributed by atoms with Gasteiger partial charge >= 0.3 is 0 Å². The molecule has 0 N–H and O–H groups in total. The molecule has 6 heterocycles. The fourth-order valence-corrected chi connectivity index (χ4v) is 15.1. The number of fused-ring (bicyclic) bond motifs is 20. The second-order valence-electron chi connectivity index (χ2n) is 19.6. The van der Waals surface area contributed by atoms with Crippen LogP contribution in [0.4, 0.5) is 0 Å². The van der Waals surface area contributed by atoms with Crippen LogP contribution in [0.3, 0.4) is 0 Å². The molecule has 0 spiro atoms. The summed E-state index contributed by atoms with van der Waals surface area (Å²) in [4.78, 5) is 0. The molecule has 0 fully saturated rings. The fourth-order valence-electron chi connectivity index (χ4n) is 12.6. The summed E-state index contributed by atoms with van der Waals surface area (Å²) in [6, 6.07) is 77.7. The molecule has 0 bridgehead atoms. The van der Waals surface area contributed by atoms with E-state index in [-0.39, 0.29) is 0 Å². The zero-order chi connectivity index (χ0) is 49.9. The first-order valence-electron chi connectivity index (χ1n) is 25.2. The maximum atomic E-state index is 12.4. The summed E-state index contributed by atoms with van der Waals surface area (Å²) in [5, 5.41) is 37.5. The Morgan fingerprint density at radius 3 is 1.18 bits per heavy atom. The molecule has 0 saturated heterocycles. The Morgan fingerprint density at radius 2 is 0.711 bits per heavy atom. The smallest absolute Gasteiger partial charge is 0.135 e. The van der Waals surface area contributed by atoms with Crippen molar-refractivity contribution < 1.29 is 8.83 Å². The topological polar surface area (TPSA) is 83.7 Å². The Labute approximate surface area is 439 Å². The predicted molar refractivity (Wildman–Crippen MR) is 316 cm³/mol. The van der Waals surface area contributed by atoms with Crippen LogP contribution in [0.25, 0.3) is 161 Å². The highest BCUT2D eigenvalue weighted by Crippen LogP contribution is 2.53. The van der Waals surface area contributed by atoms with E-state index < -0.39 is 0 Å². The molecule has 11 aromatic carbocycles. The van der Waals surface area contributed by atoms with Gasteiger partial charge in [-0.05, 0) is 71.8 Å². The van der Waals surface area contributed by atoms with Gasteiger partial charge in [0.2, 0.25) is 0 Å². The van der Waals surface area contributed by atoms with Crippen LogP contribution in [0.2, 0.25) is 0 Å².